The molecule has 0 aliphatic carbocycles. The number of anilines is 1. The molecule has 0 aliphatic heterocycles. The van der Waals surface area contributed by atoms with Crippen LogP contribution in [0.5, 0.6) is 5.75 Å². The number of halogens is 2. The molecule has 0 fully saturated rings. The molecular weight excluding hydrogens is 390 g/mol. The molecule has 0 atom stereocenters. The van der Waals surface area contributed by atoms with E-state index in [1.165, 1.54) is 42.1 Å². The van der Waals surface area contributed by atoms with Crippen LogP contribution in [0.25, 0.3) is 6.08 Å². The van der Waals surface area contributed by atoms with Gasteiger partial charge in [0.05, 0.1) is 7.11 Å². The van der Waals surface area contributed by atoms with Crippen LogP contribution in [0.3, 0.4) is 0 Å². The summed E-state index contributed by atoms with van der Waals surface area (Å²) >= 11 is 1.95. The normalized spacial score (nSPS) is 11.2. The van der Waals surface area contributed by atoms with Gasteiger partial charge in [0.2, 0.25) is 0 Å². The third kappa shape index (κ3) is 6.01. The maximum Gasteiger partial charge on any atom is 0.288 e. The lowest BCUT2D eigenvalue weighted by molar-refractivity contribution is -0.112. The van der Waals surface area contributed by atoms with Gasteiger partial charge in [-0.3, -0.25) is 4.79 Å². The number of nitriles is 1. The van der Waals surface area contributed by atoms with Gasteiger partial charge in [0.1, 0.15) is 17.4 Å². The Morgan fingerprint density at radius 2 is 1.96 bits per heavy atom. The van der Waals surface area contributed by atoms with E-state index in [1.807, 2.05) is 18.4 Å². The Hall–Kier alpha value is -2.50. The summed E-state index contributed by atoms with van der Waals surface area (Å²) in [5, 5.41) is 11.9. The Labute approximate surface area is 164 Å². The molecule has 0 saturated carbocycles. The van der Waals surface area contributed by atoms with E-state index in [-0.39, 0.29) is 5.57 Å². The summed E-state index contributed by atoms with van der Waals surface area (Å²) in [6.07, 6.45) is 3.38. The van der Waals surface area contributed by atoms with Gasteiger partial charge in [0, 0.05) is 15.5 Å². The number of nitrogens with one attached hydrogen (secondary N) is 1. The first-order chi connectivity index (χ1) is 13.0. The minimum atomic E-state index is -2.51. The standard InChI is InChI=1S/C19H16F2N2O2S2/c1-25-16-10-12(3-8-17(16)26-2)9-13(11-22)18(24)23-14-4-6-15(7-5-14)27-19(20)21/h3-10,19H,1-2H3,(H,23,24). The van der Waals surface area contributed by atoms with Gasteiger partial charge in [-0.15, -0.1) is 11.8 Å². The average molecular weight is 406 g/mol. The number of ether oxygens (including phenoxy) is 1. The summed E-state index contributed by atoms with van der Waals surface area (Å²) < 4.78 is 30.0. The average Bonchev–Trinajstić information content (AvgIpc) is 2.66. The molecule has 0 unspecified atom stereocenters. The molecule has 0 aromatic heterocycles. The smallest absolute Gasteiger partial charge is 0.288 e. The molecule has 0 bridgehead atoms. The van der Waals surface area contributed by atoms with Crippen molar-refractivity contribution >= 4 is 41.2 Å². The van der Waals surface area contributed by atoms with Gasteiger partial charge in [0.25, 0.3) is 11.7 Å². The van der Waals surface area contributed by atoms with Gasteiger partial charge in [0.15, 0.2) is 0 Å². The van der Waals surface area contributed by atoms with Gasteiger partial charge < -0.3 is 10.1 Å². The lowest BCUT2D eigenvalue weighted by atomic mass is 10.1. The van der Waals surface area contributed by atoms with Crippen LogP contribution in [0, 0.1) is 11.3 Å². The number of rotatable bonds is 7. The number of hydrogen-bond acceptors (Lipinski definition) is 5. The summed E-state index contributed by atoms with van der Waals surface area (Å²) in [7, 11) is 1.55. The number of hydrogen-bond donors (Lipinski definition) is 1. The maximum absolute atomic E-state index is 12.3. The molecule has 140 valence electrons. The molecule has 1 N–H and O–H groups in total. The molecule has 0 heterocycles. The lowest BCUT2D eigenvalue weighted by Crippen LogP contribution is -2.13. The highest BCUT2D eigenvalue weighted by Crippen LogP contribution is 2.29. The van der Waals surface area contributed by atoms with Gasteiger partial charge in [-0.25, -0.2) is 0 Å². The van der Waals surface area contributed by atoms with Crippen LogP contribution < -0.4 is 10.1 Å². The number of alkyl halides is 2. The highest BCUT2D eigenvalue weighted by molar-refractivity contribution is 7.99. The van der Waals surface area contributed by atoms with Crippen LogP contribution in [0.1, 0.15) is 5.56 Å². The number of benzene rings is 2. The SMILES string of the molecule is COc1cc(C=C(C#N)C(=O)Nc2ccc(SC(F)F)cc2)ccc1SC. The summed E-state index contributed by atoms with van der Waals surface area (Å²) in [4.78, 5) is 13.7. The van der Waals surface area contributed by atoms with E-state index in [1.54, 1.807) is 19.2 Å². The van der Waals surface area contributed by atoms with Crippen LogP contribution in [0.4, 0.5) is 14.5 Å². The highest BCUT2D eigenvalue weighted by atomic mass is 32.2. The number of thioether (sulfide) groups is 2. The summed E-state index contributed by atoms with van der Waals surface area (Å²) in [6.45, 7) is 0. The Balaban J connectivity index is 2.16. The van der Waals surface area contributed by atoms with Crippen molar-refractivity contribution in [2.24, 2.45) is 0 Å². The second-order valence-electron chi connectivity index (χ2n) is 5.14. The second kappa shape index (κ2) is 10.00. The predicted octanol–water partition coefficient (Wildman–Crippen LogP) is 5.28. The molecule has 0 aliphatic rings. The number of nitrogens with zero attached hydrogens (tertiary/aromatic N) is 1. The monoisotopic (exact) mass is 406 g/mol. The zero-order valence-corrected chi connectivity index (χ0v) is 16.2. The van der Waals surface area contributed by atoms with Crippen LogP contribution in [0.2, 0.25) is 0 Å². The molecule has 4 nitrogen and oxygen atoms in total. The number of carbonyl (C=O) groups excluding carboxylic acids is 1. The van der Waals surface area contributed by atoms with E-state index in [0.29, 0.717) is 33.7 Å². The number of amides is 1. The van der Waals surface area contributed by atoms with E-state index < -0.39 is 11.7 Å². The van der Waals surface area contributed by atoms with Crippen molar-refractivity contribution in [3.8, 4) is 11.8 Å². The lowest BCUT2D eigenvalue weighted by Gasteiger charge is -2.08. The van der Waals surface area contributed by atoms with Crippen LogP contribution in [-0.4, -0.2) is 25.0 Å². The summed E-state index contributed by atoms with van der Waals surface area (Å²) in [5.41, 5.74) is 0.982. The first kappa shape index (κ1) is 20.8. The fourth-order valence-electron chi connectivity index (χ4n) is 2.18. The molecule has 0 spiro atoms. The zero-order valence-electron chi connectivity index (χ0n) is 14.5. The maximum atomic E-state index is 12.3. The quantitative estimate of drug-likeness (QED) is 0.385. The Kier molecular flexibility index (Phi) is 7.70. The Morgan fingerprint density at radius 1 is 1.26 bits per heavy atom. The molecule has 1 amide bonds. The topological polar surface area (TPSA) is 62.1 Å². The molecule has 0 radical (unpaired) electrons. The minimum Gasteiger partial charge on any atom is -0.496 e. The fraction of sp³-hybridized carbons (Fsp3) is 0.158. The van der Waals surface area contributed by atoms with Crippen LogP contribution >= 0.6 is 23.5 Å². The Morgan fingerprint density at radius 3 is 2.52 bits per heavy atom. The molecule has 27 heavy (non-hydrogen) atoms. The van der Waals surface area contributed by atoms with Gasteiger partial charge in [-0.2, -0.15) is 14.0 Å². The van der Waals surface area contributed by atoms with Crippen molar-refractivity contribution in [2.45, 2.75) is 15.5 Å². The van der Waals surface area contributed by atoms with E-state index in [2.05, 4.69) is 5.32 Å². The largest absolute Gasteiger partial charge is 0.496 e. The molecule has 8 heteroatoms. The third-order valence-electron chi connectivity index (χ3n) is 3.42. The summed E-state index contributed by atoms with van der Waals surface area (Å²) in [6, 6.07) is 13.2. The number of carbonyl (C=O) groups is 1. The van der Waals surface area contributed by atoms with Gasteiger partial charge in [-0.1, -0.05) is 17.8 Å². The molecule has 2 aromatic rings. The van der Waals surface area contributed by atoms with Crippen molar-refractivity contribution in [1.29, 1.82) is 5.26 Å². The first-order valence-electron chi connectivity index (χ1n) is 7.67. The van der Waals surface area contributed by atoms with E-state index in [9.17, 15) is 18.8 Å². The van der Waals surface area contributed by atoms with Crippen molar-refractivity contribution in [3.05, 3.63) is 53.6 Å². The third-order valence-corrected chi connectivity index (χ3v) is 4.92. The molecule has 0 saturated heterocycles. The van der Waals surface area contributed by atoms with Gasteiger partial charge >= 0.3 is 0 Å². The van der Waals surface area contributed by atoms with Crippen LogP contribution in [-0.2, 0) is 4.79 Å². The number of methoxy groups -OCH3 is 1. The van der Waals surface area contributed by atoms with Crippen molar-refractivity contribution in [3.63, 3.8) is 0 Å². The van der Waals surface area contributed by atoms with Crippen molar-refractivity contribution in [2.75, 3.05) is 18.7 Å². The van der Waals surface area contributed by atoms with Gasteiger partial charge in [-0.05, 0) is 54.3 Å². The first-order valence-corrected chi connectivity index (χ1v) is 9.77. The van der Waals surface area contributed by atoms with Crippen molar-refractivity contribution < 1.29 is 18.3 Å². The Bertz CT molecular complexity index is 878. The summed E-state index contributed by atoms with van der Waals surface area (Å²) in [5.74, 6) is -2.44. The highest BCUT2D eigenvalue weighted by Gasteiger charge is 2.11. The molecule has 2 rings (SSSR count). The molecular formula is C19H16F2N2O2S2. The van der Waals surface area contributed by atoms with Crippen LogP contribution in [0.15, 0.2) is 57.8 Å². The zero-order chi connectivity index (χ0) is 19.8. The van der Waals surface area contributed by atoms with E-state index >= 15 is 0 Å². The van der Waals surface area contributed by atoms with E-state index in [0.717, 1.165) is 4.90 Å². The second-order valence-corrected chi connectivity index (χ2v) is 7.05. The predicted molar refractivity (Wildman–Crippen MR) is 105 cm³/mol. The minimum absolute atomic E-state index is 0.0833. The van der Waals surface area contributed by atoms with Crippen molar-refractivity contribution in [1.82, 2.24) is 0 Å². The molecule has 2 aromatic carbocycles. The fourth-order valence-corrected chi connectivity index (χ4v) is 3.22. The van der Waals surface area contributed by atoms with E-state index in [4.69, 9.17) is 4.74 Å².